The summed E-state index contributed by atoms with van der Waals surface area (Å²) in [4.78, 5) is 11.0. The van der Waals surface area contributed by atoms with Crippen molar-refractivity contribution in [3.63, 3.8) is 0 Å². The first-order chi connectivity index (χ1) is 10.8. The van der Waals surface area contributed by atoms with Gasteiger partial charge in [-0.2, -0.15) is 0 Å². The lowest BCUT2D eigenvalue weighted by atomic mass is 10.2. The quantitative estimate of drug-likeness (QED) is 0.849. The van der Waals surface area contributed by atoms with Gasteiger partial charge in [0.05, 0.1) is 23.4 Å². The molecule has 0 amide bonds. The van der Waals surface area contributed by atoms with Crippen LogP contribution < -0.4 is 4.72 Å². The maximum atomic E-state index is 13.6. The topological polar surface area (TPSA) is 72.5 Å². The minimum Gasteiger partial charge on any atom is -0.465 e. The first-order valence-electron chi connectivity index (χ1n) is 6.11. The number of anilines is 1. The minimum absolute atomic E-state index is 0.0494. The van der Waals surface area contributed by atoms with Gasteiger partial charge in [0.2, 0.25) is 0 Å². The first kappa shape index (κ1) is 17.2. The second kappa shape index (κ2) is 6.51. The summed E-state index contributed by atoms with van der Waals surface area (Å²) in [5, 5.41) is -0.266. The van der Waals surface area contributed by atoms with Crippen LogP contribution in [0.25, 0.3) is 0 Å². The second-order valence-electron chi connectivity index (χ2n) is 4.34. The molecule has 0 aliphatic heterocycles. The van der Waals surface area contributed by atoms with Gasteiger partial charge in [-0.25, -0.2) is 22.0 Å². The van der Waals surface area contributed by atoms with Crippen LogP contribution in [0.4, 0.5) is 14.5 Å². The van der Waals surface area contributed by atoms with Gasteiger partial charge in [-0.05, 0) is 30.3 Å². The zero-order valence-electron chi connectivity index (χ0n) is 11.6. The Balaban J connectivity index is 2.40. The van der Waals surface area contributed by atoms with E-state index in [-0.39, 0.29) is 10.6 Å². The van der Waals surface area contributed by atoms with Crippen molar-refractivity contribution < 1.29 is 26.7 Å². The number of nitrogens with one attached hydrogen (secondary N) is 1. The lowest BCUT2D eigenvalue weighted by Crippen LogP contribution is -2.15. The van der Waals surface area contributed by atoms with Crippen LogP contribution in [0.3, 0.4) is 0 Å². The second-order valence-corrected chi connectivity index (χ2v) is 6.40. The molecule has 0 heterocycles. The number of esters is 1. The summed E-state index contributed by atoms with van der Waals surface area (Å²) in [5.41, 5.74) is -0.508. The van der Waals surface area contributed by atoms with Gasteiger partial charge >= 0.3 is 5.97 Å². The molecule has 2 aromatic carbocycles. The summed E-state index contributed by atoms with van der Waals surface area (Å²) in [6, 6.07) is 6.42. The third kappa shape index (κ3) is 3.59. The van der Waals surface area contributed by atoms with Gasteiger partial charge in [-0.1, -0.05) is 17.7 Å². The average molecular weight is 362 g/mol. The van der Waals surface area contributed by atoms with E-state index >= 15 is 0 Å². The number of methoxy groups -OCH3 is 1. The highest BCUT2D eigenvalue weighted by molar-refractivity contribution is 7.92. The molecule has 5 nitrogen and oxygen atoms in total. The number of sulfonamides is 1. The maximum Gasteiger partial charge on any atom is 0.337 e. The van der Waals surface area contributed by atoms with E-state index in [2.05, 4.69) is 4.74 Å². The van der Waals surface area contributed by atoms with Crippen molar-refractivity contribution in [2.75, 3.05) is 11.8 Å². The minimum atomic E-state index is -4.27. The molecule has 9 heteroatoms. The monoisotopic (exact) mass is 361 g/mol. The molecule has 0 unspecified atom stereocenters. The Hall–Kier alpha value is -2.19. The molecule has 0 saturated carbocycles. The van der Waals surface area contributed by atoms with E-state index in [1.54, 1.807) is 0 Å². The first-order valence-corrected chi connectivity index (χ1v) is 7.97. The zero-order chi connectivity index (χ0) is 17.2. The molecule has 1 N–H and O–H groups in total. The van der Waals surface area contributed by atoms with Crippen LogP contribution in [-0.4, -0.2) is 21.5 Å². The van der Waals surface area contributed by atoms with Gasteiger partial charge in [-0.3, -0.25) is 4.72 Å². The molecule has 0 bridgehead atoms. The van der Waals surface area contributed by atoms with E-state index in [4.69, 9.17) is 11.6 Å². The Morgan fingerprint density at radius 1 is 1.22 bits per heavy atom. The molecule has 0 spiro atoms. The predicted molar refractivity (Wildman–Crippen MR) is 80.0 cm³/mol. The van der Waals surface area contributed by atoms with Crippen molar-refractivity contribution in [3.05, 3.63) is 58.6 Å². The number of rotatable bonds is 4. The molecule has 2 rings (SSSR count). The Kier molecular flexibility index (Phi) is 4.86. The summed E-state index contributed by atoms with van der Waals surface area (Å²) in [6.45, 7) is 0. The van der Waals surface area contributed by atoms with Crippen LogP contribution in [0.15, 0.2) is 41.3 Å². The van der Waals surface area contributed by atoms with E-state index in [9.17, 15) is 22.0 Å². The lowest BCUT2D eigenvalue weighted by molar-refractivity contribution is 0.0600. The van der Waals surface area contributed by atoms with Gasteiger partial charge < -0.3 is 4.74 Å². The molecule has 0 aliphatic carbocycles. The molecular formula is C14H10ClF2NO4S. The van der Waals surface area contributed by atoms with Gasteiger partial charge in [0.1, 0.15) is 4.90 Å². The average Bonchev–Trinajstić information content (AvgIpc) is 2.50. The Morgan fingerprint density at radius 3 is 2.52 bits per heavy atom. The molecule has 0 aromatic heterocycles. The van der Waals surface area contributed by atoms with Crippen molar-refractivity contribution >= 4 is 33.3 Å². The van der Waals surface area contributed by atoms with E-state index in [1.165, 1.54) is 6.07 Å². The van der Waals surface area contributed by atoms with Crippen LogP contribution in [0.1, 0.15) is 10.4 Å². The van der Waals surface area contributed by atoms with E-state index in [0.29, 0.717) is 0 Å². The standard InChI is InChI=1S/C14H10ClF2NO4S/c1-22-14(19)8-5-6-12(9(15)7-8)23(20,21)18-11-4-2-3-10(16)13(11)17/h2-7,18H,1H3. The molecule has 0 fully saturated rings. The number of benzene rings is 2. The Labute approximate surface area is 135 Å². The lowest BCUT2D eigenvalue weighted by Gasteiger charge is -2.11. The van der Waals surface area contributed by atoms with Gasteiger partial charge in [0.15, 0.2) is 11.6 Å². The van der Waals surface area contributed by atoms with Crippen LogP contribution in [0.2, 0.25) is 5.02 Å². The maximum absolute atomic E-state index is 13.6. The van der Waals surface area contributed by atoms with Gasteiger partial charge in [-0.15, -0.1) is 0 Å². The number of carbonyl (C=O) groups excluding carboxylic acids is 1. The predicted octanol–water partition coefficient (Wildman–Crippen LogP) is 3.21. The number of hydrogen-bond acceptors (Lipinski definition) is 4. The molecule has 0 radical (unpaired) electrons. The molecule has 0 atom stereocenters. The number of halogens is 3. The summed E-state index contributed by atoms with van der Waals surface area (Å²) in [5.74, 6) is -3.23. The fourth-order valence-electron chi connectivity index (χ4n) is 1.75. The number of ether oxygens (including phenoxy) is 1. The van der Waals surface area contributed by atoms with Gasteiger partial charge in [0, 0.05) is 0 Å². The highest BCUT2D eigenvalue weighted by Crippen LogP contribution is 2.26. The summed E-state index contributed by atoms with van der Waals surface area (Å²) < 4.78 is 57.6. The largest absolute Gasteiger partial charge is 0.465 e. The molecule has 2 aromatic rings. The molecule has 0 aliphatic rings. The highest BCUT2D eigenvalue weighted by Gasteiger charge is 2.22. The van der Waals surface area contributed by atoms with Crippen LogP contribution in [0.5, 0.6) is 0 Å². The molecule has 122 valence electrons. The third-order valence-corrected chi connectivity index (χ3v) is 4.69. The molecular weight excluding hydrogens is 352 g/mol. The van der Waals surface area contributed by atoms with Crippen LogP contribution in [0, 0.1) is 11.6 Å². The normalized spacial score (nSPS) is 11.1. The number of carbonyl (C=O) groups is 1. The zero-order valence-corrected chi connectivity index (χ0v) is 13.2. The van der Waals surface area contributed by atoms with Gasteiger partial charge in [0.25, 0.3) is 10.0 Å². The summed E-state index contributed by atoms with van der Waals surface area (Å²) in [6.07, 6.45) is 0. The van der Waals surface area contributed by atoms with Crippen molar-refractivity contribution in [2.45, 2.75) is 4.90 Å². The van der Waals surface area contributed by atoms with E-state index < -0.39 is 38.2 Å². The Morgan fingerprint density at radius 2 is 1.91 bits per heavy atom. The summed E-state index contributed by atoms with van der Waals surface area (Å²) in [7, 11) is -3.11. The van der Waals surface area contributed by atoms with Crippen LogP contribution in [-0.2, 0) is 14.8 Å². The smallest absolute Gasteiger partial charge is 0.337 e. The van der Waals surface area contributed by atoms with Crippen molar-refractivity contribution in [1.82, 2.24) is 0 Å². The fourth-order valence-corrected chi connectivity index (χ4v) is 3.35. The summed E-state index contributed by atoms with van der Waals surface area (Å²) >= 11 is 5.86. The van der Waals surface area contributed by atoms with Crippen molar-refractivity contribution in [3.8, 4) is 0 Å². The Bertz CT molecular complexity index is 871. The third-order valence-electron chi connectivity index (χ3n) is 2.84. The molecule has 0 saturated heterocycles. The highest BCUT2D eigenvalue weighted by atomic mass is 35.5. The van der Waals surface area contributed by atoms with Crippen molar-refractivity contribution in [1.29, 1.82) is 0 Å². The van der Waals surface area contributed by atoms with E-state index in [0.717, 1.165) is 37.4 Å². The van der Waals surface area contributed by atoms with Crippen molar-refractivity contribution in [2.24, 2.45) is 0 Å². The SMILES string of the molecule is COC(=O)c1ccc(S(=O)(=O)Nc2cccc(F)c2F)c(Cl)c1. The van der Waals surface area contributed by atoms with Crippen LogP contribution >= 0.6 is 11.6 Å². The number of hydrogen-bond donors (Lipinski definition) is 1. The van der Waals surface area contributed by atoms with E-state index in [1.807, 2.05) is 4.72 Å². The molecule has 23 heavy (non-hydrogen) atoms. The fraction of sp³-hybridized carbons (Fsp3) is 0.0714.